The van der Waals surface area contributed by atoms with E-state index in [-0.39, 0.29) is 28.9 Å². The zero-order chi connectivity index (χ0) is 18.3. The Kier molecular flexibility index (Phi) is 4.60. The van der Waals surface area contributed by atoms with Crippen molar-refractivity contribution in [2.24, 2.45) is 11.8 Å². The first-order valence-electron chi connectivity index (χ1n) is 8.66. The monoisotopic (exact) mass is 378 g/mol. The standard InChI is InChI=1S/C18H22N2O5S/c1-11-3-4-12(15-5-7-19-25-15)9-16(11)26(21,22)20-17-13-6-8-24-18(13)14(17)10-23-2/h3-5,7,9,13-14,17-18,20H,6,8,10H2,1-2H3/t13-,14+,17+,18-/m0/s1. The molecule has 1 aliphatic heterocycles. The number of ether oxygens (including phenoxy) is 2. The molecule has 7 nitrogen and oxygen atoms in total. The molecule has 0 radical (unpaired) electrons. The molecule has 1 aliphatic carbocycles. The predicted molar refractivity (Wildman–Crippen MR) is 94.0 cm³/mol. The maximum absolute atomic E-state index is 13.1. The van der Waals surface area contributed by atoms with Gasteiger partial charge in [0.15, 0.2) is 5.76 Å². The number of sulfonamides is 1. The molecule has 8 heteroatoms. The van der Waals surface area contributed by atoms with Gasteiger partial charge in [0.1, 0.15) is 0 Å². The zero-order valence-corrected chi connectivity index (χ0v) is 15.5. The molecule has 4 atom stereocenters. The fraction of sp³-hybridized carbons (Fsp3) is 0.500. The average Bonchev–Trinajstić information content (AvgIpc) is 3.28. The SMILES string of the molecule is COC[C@@H]1[C@H](NS(=O)(=O)c2cc(-c3ccno3)ccc2C)[C@@H]2CCO[C@H]12. The average molecular weight is 378 g/mol. The van der Waals surface area contributed by atoms with Gasteiger partial charge < -0.3 is 14.0 Å². The van der Waals surface area contributed by atoms with Gasteiger partial charge in [0, 0.05) is 43.2 Å². The van der Waals surface area contributed by atoms with Crippen LogP contribution in [0.2, 0.25) is 0 Å². The highest BCUT2D eigenvalue weighted by Crippen LogP contribution is 2.44. The van der Waals surface area contributed by atoms with Gasteiger partial charge in [-0.05, 0) is 25.0 Å². The number of rotatable bonds is 6. The van der Waals surface area contributed by atoms with Crippen molar-refractivity contribution >= 4 is 10.0 Å². The third kappa shape index (κ3) is 2.96. The van der Waals surface area contributed by atoms with Crippen molar-refractivity contribution in [3.63, 3.8) is 0 Å². The largest absolute Gasteiger partial charge is 0.384 e. The van der Waals surface area contributed by atoms with Crippen LogP contribution in [-0.4, -0.2) is 46.0 Å². The van der Waals surface area contributed by atoms with Gasteiger partial charge in [-0.3, -0.25) is 0 Å². The molecule has 1 saturated heterocycles. The minimum atomic E-state index is -3.68. The summed E-state index contributed by atoms with van der Waals surface area (Å²) in [6, 6.07) is 6.77. The van der Waals surface area contributed by atoms with Crippen LogP contribution in [0.4, 0.5) is 0 Å². The molecule has 0 spiro atoms. The van der Waals surface area contributed by atoms with E-state index in [4.69, 9.17) is 14.0 Å². The molecule has 2 aliphatic rings. The number of hydrogen-bond donors (Lipinski definition) is 1. The first-order valence-corrected chi connectivity index (χ1v) is 10.1. The Morgan fingerprint density at radius 1 is 1.35 bits per heavy atom. The van der Waals surface area contributed by atoms with Crippen molar-refractivity contribution in [3.8, 4) is 11.3 Å². The maximum atomic E-state index is 13.1. The molecule has 0 amide bonds. The summed E-state index contributed by atoms with van der Waals surface area (Å²) in [5, 5.41) is 3.68. The molecule has 0 bridgehead atoms. The number of aryl methyl sites for hydroxylation is 1. The van der Waals surface area contributed by atoms with Crippen LogP contribution in [0.3, 0.4) is 0 Å². The van der Waals surface area contributed by atoms with Crippen LogP contribution in [0.25, 0.3) is 11.3 Å². The Bertz CT molecular complexity index is 881. The van der Waals surface area contributed by atoms with E-state index in [0.717, 1.165) is 6.42 Å². The van der Waals surface area contributed by atoms with Gasteiger partial charge in [-0.2, -0.15) is 0 Å². The molecule has 2 heterocycles. The number of fused-ring (bicyclic) bond motifs is 1. The van der Waals surface area contributed by atoms with Crippen molar-refractivity contribution in [2.45, 2.75) is 30.4 Å². The smallest absolute Gasteiger partial charge is 0.241 e. The summed E-state index contributed by atoms with van der Waals surface area (Å²) in [6.45, 7) is 2.94. The Morgan fingerprint density at radius 3 is 2.92 bits per heavy atom. The van der Waals surface area contributed by atoms with E-state index in [9.17, 15) is 8.42 Å². The number of benzene rings is 1. The normalized spacial score (nSPS) is 27.9. The highest BCUT2D eigenvalue weighted by Gasteiger charge is 2.55. The van der Waals surface area contributed by atoms with E-state index < -0.39 is 10.0 Å². The lowest BCUT2D eigenvalue weighted by molar-refractivity contribution is -0.0775. The van der Waals surface area contributed by atoms with E-state index in [2.05, 4.69) is 9.88 Å². The van der Waals surface area contributed by atoms with E-state index in [1.807, 2.05) is 6.07 Å². The van der Waals surface area contributed by atoms with Crippen molar-refractivity contribution in [1.29, 1.82) is 0 Å². The third-order valence-corrected chi connectivity index (χ3v) is 6.98. The Labute approximate surface area is 152 Å². The first-order chi connectivity index (χ1) is 12.5. The lowest BCUT2D eigenvalue weighted by Gasteiger charge is -2.47. The highest BCUT2D eigenvalue weighted by atomic mass is 32.2. The molecule has 1 saturated carbocycles. The fourth-order valence-electron chi connectivity index (χ4n) is 4.05. The first kappa shape index (κ1) is 17.7. The minimum Gasteiger partial charge on any atom is -0.384 e. The molecule has 4 rings (SSSR count). The number of aromatic nitrogens is 1. The van der Waals surface area contributed by atoms with Gasteiger partial charge in [-0.15, -0.1) is 0 Å². The number of nitrogens with zero attached hydrogens (tertiary/aromatic N) is 1. The summed E-state index contributed by atoms with van der Waals surface area (Å²) in [6.07, 6.45) is 2.49. The lowest BCUT2D eigenvalue weighted by Crippen LogP contribution is -2.62. The van der Waals surface area contributed by atoms with Crippen LogP contribution >= 0.6 is 0 Å². The second-order valence-electron chi connectivity index (χ2n) is 6.91. The summed E-state index contributed by atoms with van der Waals surface area (Å²) < 4.78 is 45.2. The topological polar surface area (TPSA) is 90.7 Å². The van der Waals surface area contributed by atoms with Crippen LogP contribution in [-0.2, 0) is 19.5 Å². The van der Waals surface area contributed by atoms with Crippen molar-refractivity contribution in [1.82, 2.24) is 9.88 Å². The second kappa shape index (κ2) is 6.77. The molecule has 2 fully saturated rings. The predicted octanol–water partition coefficient (Wildman–Crippen LogP) is 1.98. The molecule has 26 heavy (non-hydrogen) atoms. The summed E-state index contributed by atoms with van der Waals surface area (Å²) in [5.74, 6) is 0.786. The summed E-state index contributed by atoms with van der Waals surface area (Å²) in [7, 11) is -2.05. The van der Waals surface area contributed by atoms with Crippen LogP contribution in [0, 0.1) is 18.8 Å². The van der Waals surface area contributed by atoms with Crippen molar-refractivity contribution in [3.05, 3.63) is 36.0 Å². The molecular weight excluding hydrogens is 356 g/mol. The van der Waals surface area contributed by atoms with Gasteiger partial charge in [0.05, 0.1) is 23.8 Å². The molecule has 1 N–H and O–H groups in total. The molecule has 1 aromatic carbocycles. The van der Waals surface area contributed by atoms with Crippen LogP contribution in [0.1, 0.15) is 12.0 Å². The lowest BCUT2D eigenvalue weighted by atomic mass is 9.68. The molecule has 1 aromatic heterocycles. The van der Waals surface area contributed by atoms with E-state index in [1.165, 1.54) is 6.20 Å². The van der Waals surface area contributed by atoms with Gasteiger partial charge >= 0.3 is 0 Å². The number of nitrogens with one attached hydrogen (secondary N) is 1. The third-order valence-electron chi connectivity index (χ3n) is 5.38. The van der Waals surface area contributed by atoms with Crippen molar-refractivity contribution < 1.29 is 22.4 Å². The van der Waals surface area contributed by atoms with Crippen LogP contribution < -0.4 is 4.72 Å². The highest BCUT2D eigenvalue weighted by molar-refractivity contribution is 7.89. The van der Waals surface area contributed by atoms with E-state index in [0.29, 0.717) is 30.1 Å². The van der Waals surface area contributed by atoms with Gasteiger partial charge in [-0.25, -0.2) is 13.1 Å². The Morgan fingerprint density at radius 2 is 2.19 bits per heavy atom. The quantitative estimate of drug-likeness (QED) is 0.827. The summed E-state index contributed by atoms with van der Waals surface area (Å²) >= 11 is 0. The fourth-order valence-corrected chi connectivity index (χ4v) is 5.65. The maximum Gasteiger partial charge on any atom is 0.241 e. The van der Waals surface area contributed by atoms with E-state index in [1.54, 1.807) is 32.2 Å². The van der Waals surface area contributed by atoms with Crippen LogP contribution in [0.5, 0.6) is 0 Å². The zero-order valence-electron chi connectivity index (χ0n) is 14.7. The van der Waals surface area contributed by atoms with Gasteiger partial charge in [-0.1, -0.05) is 17.3 Å². The van der Waals surface area contributed by atoms with Crippen LogP contribution in [0.15, 0.2) is 39.9 Å². The minimum absolute atomic E-state index is 0.0417. The molecular formula is C18H22N2O5S. The number of hydrogen-bond acceptors (Lipinski definition) is 6. The van der Waals surface area contributed by atoms with Gasteiger partial charge in [0.25, 0.3) is 0 Å². The molecule has 140 valence electrons. The van der Waals surface area contributed by atoms with Gasteiger partial charge in [0.2, 0.25) is 10.0 Å². The Hall–Kier alpha value is -1.74. The summed E-state index contributed by atoms with van der Waals surface area (Å²) in [5.41, 5.74) is 1.36. The van der Waals surface area contributed by atoms with E-state index >= 15 is 0 Å². The second-order valence-corrected chi connectivity index (χ2v) is 8.59. The van der Waals surface area contributed by atoms with Crippen molar-refractivity contribution in [2.75, 3.05) is 20.3 Å². The molecule has 0 unspecified atom stereocenters. The Balaban J connectivity index is 1.61. The summed E-state index contributed by atoms with van der Waals surface area (Å²) in [4.78, 5) is 0.255. The number of methoxy groups -OCH3 is 1. The molecule has 2 aromatic rings.